The van der Waals surface area contributed by atoms with Crippen molar-refractivity contribution >= 4 is 5.97 Å². The summed E-state index contributed by atoms with van der Waals surface area (Å²) in [6, 6.07) is 0. The zero-order valence-corrected chi connectivity index (χ0v) is 14.7. The Labute approximate surface area is 142 Å². The molecule has 0 unspecified atom stereocenters. The molecule has 3 aliphatic carbocycles. The van der Waals surface area contributed by atoms with Crippen LogP contribution in [0.5, 0.6) is 0 Å². The Kier molecular flexibility index (Phi) is 2.74. The average molecular weight is 330 g/mol. The zero-order valence-electron chi connectivity index (χ0n) is 14.7. The monoisotopic (exact) mass is 330 g/mol. The lowest BCUT2D eigenvalue weighted by Crippen LogP contribution is -2.55. The fourth-order valence-electron chi connectivity index (χ4n) is 6.78. The molecule has 5 atom stereocenters. The summed E-state index contributed by atoms with van der Waals surface area (Å²) in [6.07, 6.45) is 8.12. The maximum atomic E-state index is 12.1. The minimum Gasteiger partial charge on any atom is -0.423 e. The first-order chi connectivity index (χ1) is 11.3. The van der Waals surface area contributed by atoms with E-state index in [2.05, 4.69) is 26.8 Å². The van der Waals surface area contributed by atoms with Crippen LogP contribution < -0.4 is 0 Å². The summed E-state index contributed by atoms with van der Waals surface area (Å²) in [7, 11) is 0. The van der Waals surface area contributed by atoms with Gasteiger partial charge in [0, 0.05) is 11.5 Å². The van der Waals surface area contributed by atoms with E-state index >= 15 is 0 Å². The third kappa shape index (κ3) is 1.60. The molecule has 1 N–H and O–H groups in total. The minimum atomic E-state index is -0.395. The minimum absolute atomic E-state index is 0.0566. The molecule has 2 aliphatic heterocycles. The number of carbonyl (C=O) groups is 1. The van der Waals surface area contributed by atoms with Crippen LogP contribution in [0.2, 0.25) is 0 Å². The van der Waals surface area contributed by atoms with E-state index < -0.39 is 5.97 Å². The maximum absolute atomic E-state index is 12.1. The molecule has 4 heteroatoms. The number of aliphatic hydroxyl groups excluding tert-OH is 1. The van der Waals surface area contributed by atoms with Gasteiger partial charge in [-0.15, -0.1) is 0 Å². The molecule has 2 saturated carbocycles. The number of aliphatic hydroxyl groups is 1. The van der Waals surface area contributed by atoms with Gasteiger partial charge in [-0.1, -0.05) is 27.2 Å². The molecule has 1 saturated heterocycles. The van der Waals surface area contributed by atoms with E-state index in [0.29, 0.717) is 28.6 Å². The molecule has 0 radical (unpaired) electrons. The van der Waals surface area contributed by atoms with Gasteiger partial charge in [0.2, 0.25) is 0 Å². The predicted molar refractivity (Wildman–Crippen MR) is 87.8 cm³/mol. The molecule has 24 heavy (non-hydrogen) atoms. The van der Waals surface area contributed by atoms with Crippen molar-refractivity contribution in [3.05, 3.63) is 23.0 Å². The highest BCUT2D eigenvalue weighted by Gasteiger charge is 2.73. The topological polar surface area (TPSA) is 59.1 Å². The van der Waals surface area contributed by atoms with Gasteiger partial charge in [-0.25, -0.2) is 4.79 Å². The number of hydrogen-bond acceptors (Lipinski definition) is 4. The van der Waals surface area contributed by atoms with Crippen LogP contribution in [0.25, 0.3) is 0 Å². The molecule has 0 aromatic heterocycles. The SMILES string of the molecule is CC1(C)CCC[C@@]2(C)[C@@H]1CC[C@@]13O[C@H]1C1=C(CO)C(=O)OC1=C[C@H]23. The molecule has 0 aromatic carbocycles. The molecule has 4 nitrogen and oxygen atoms in total. The van der Waals surface area contributed by atoms with Gasteiger partial charge in [-0.05, 0) is 48.5 Å². The highest BCUT2D eigenvalue weighted by Crippen LogP contribution is 2.71. The molecule has 1 spiro atoms. The molecule has 0 bridgehead atoms. The van der Waals surface area contributed by atoms with Crippen LogP contribution in [0.4, 0.5) is 0 Å². The molecule has 0 amide bonds. The lowest BCUT2D eigenvalue weighted by atomic mass is 9.45. The Bertz CT molecular complexity index is 702. The van der Waals surface area contributed by atoms with Gasteiger partial charge in [0.15, 0.2) is 0 Å². The first-order valence-electron chi connectivity index (χ1n) is 9.29. The van der Waals surface area contributed by atoms with Crippen LogP contribution in [-0.4, -0.2) is 29.4 Å². The summed E-state index contributed by atoms with van der Waals surface area (Å²) in [4.78, 5) is 12.1. The van der Waals surface area contributed by atoms with Crippen molar-refractivity contribution in [2.24, 2.45) is 22.7 Å². The quantitative estimate of drug-likeness (QED) is 0.593. The van der Waals surface area contributed by atoms with E-state index in [0.717, 1.165) is 12.0 Å². The van der Waals surface area contributed by atoms with Gasteiger partial charge < -0.3 is 14.6 Å². The molecule has 5 aliphatic rings. The van der Waals surface area contributed by atoms with Crippen LogP contribution in [0.3, 0.4) is 0 Å². The van der Waals surface area contributed by atoms with E-state index in [1.165, 1.54) is 25.7 Å². The number of esters is 1. The number of epoxide rings is 1. The average Bonchev–Trinajstić information content (AvgIpc) is 3.13. The second-order valence-electron chi connectivity index (χ2n) is 9.34. The van der Waals surface area contributed by atoms with Crippen molar-refractivity contribution in [1.82, 2.24) is 0 Å². The zero-order chi connectivity index (χ0) is 16.9. The van der Waals surface area contributed by atoms with Crippen LogP contribution >= 0.6 is 0 Å². The Morgan fingerprint density at radius 1 is 1.25 bits per heavy atom. The van der Waals surface area contributed by atoms with Gasteiger partial charge in [0.05, 0.1) is 12.2 Å². The molecular formula is C20H26O4. The predicted octanol–water partition coefficient (Wildman–Crippen LogP) is 3.11. The Balaban J connectivity index is 1.63. The summed E-state index contributed by atoms with van der Waals surface area (Å²) in [6.45, 7) is 7.00. The normalized spacial score (nSPS) is 47.9. The van der Waals surface area contributed by atoms with Crippen molar-refractivity contribution in [3.63, 3.8) is 0 Å². The van der Waals surface area contributed by atoms with Crippen molar-refractivity contribution in [3.8, 4) is 0 Å². The second kappa shape index (κ2) is 4.34. The molecule has 0 aromatic rings. The van der Waals surface area contributed by atoms with E-state index in [9.17, 15) is 9.90 Å². The first kappa shape index (κ1) is 15.2. The van der Waals surface area contributed by atoms with Crippen molar-refractivity contribution in [2.45, 2.75) is 64.6 Å². The summed E-state index contributed by atoms with van der Waals surface area (Å²) in [5, 5.41) is 9.57. The van der Waals surface area contributed by atoms with Gasteiger partial charge >= 0.3 is 5.97 Å². The van der Waals surface area contributed by atoms with Crippen molar-refractivity contribution in [1.29, 1.82) is 0 Å². The third-order valence-corrected chi connectivity index (χ3v) is 7.84. The van der Waals surface area contributed by atoms with Crippen molar-refractivity contribution in [2.75, 3.05) is 6.61 Å². The van der Waals surface area contributed by atoms with Gasteiger partial charge in [-0.2, -0.15) is 0 Å². The number of ether oxygens (including phenoxy) is 2. The lowest BCUT2D eigenvalue weighted by Gasteiger charge is -2.59. The Morgan fingerprint density at radius 3 is 2.79 bits per heavy atom. The number of hydrogen-bond donors (Lipinski definition) is 1. The summed E-state index contributed by atoms with van der Waals surface area (Å²) in [5.74, 6) is 1.25. The van der Waals surface area contributed by atoms with Crippen LogP contribution in [0.15, 0.2) is 23.0 Å². The van der Waals surface area contributed by atoms with E-state index in [4.69, 9.17) is 9.47 Å². The lowest BCUT2D eigenvalue weighted by molar-refractivity contribution is -0.134. The van der Waals surface area contributed by atoms with E-state index in [1.54, 1.807) is 0 Å². The molecule has 5 rings (SSSR count). The molecule has 2 heterocycles. The fourth-order valence-corrected chi connectivity index (χ4v) is 6.78. The fraction of sp³-hybridized carbons (Fsp3) is 0.750. The smallest absolute Gasteiger partial charge is 0.342 e. The van der Waals surface area contributed by atoms with Gasteiger partial charge in [0.25, 0.3) is 0 Å². The summed E-state index contributed by atoms with van der Waals surface area (Å²) >= 11 is 0. The maximum Gasteiger partial charge on any atom is 0.342 e. The van der Waals surface area contributed by atoms with Crippen LogP contribution in [0.1, 0.15) is 52.9 Å². The summed E-state index contributed by atoms with van der Waals surface area (Å²) in [5.41, 5.74) is 1.62. The summed E-state index contributed by atoms with van der Waals surface area (Å²) < 4.78 is 11.8. The highest BCUT2D eigenvalue weighted by atomic mass is 16.6. The van der Waals surface area contributed by atoms with Gasteiger partial charge in [0.1, 0.15) is 17.5 Å². The molecule has 130 valence electrons. The molecule has 3 fully saturated rings. The highest BCUT2D eigenvalue weighted by molar-refractivity contribution is 5.95. The standard InChI is InChI=1S/C20H26O4/c1-18(2)6-4-7-19(3)13(18)5-8-20-14(19)9-12-15(16(20)24-20)11(10-21)17(22)23-12/h9,13-14,16,21H,4-8,10H2,1-3H3/t13-,14-,16+,19+,20+/m1/s1. The Morgan fingerprint density at radius 2 is 2.04 bits per heavy atom. The number of fused-ring (bicyclic) bond motifs is 4. The first-order valence-corrected chi connectivity index (χ1v) is 9.29. The number of rotatable bonds is 1. The molecular weight excluding hydrogens is 304 g/mol. The Hall–Kier alpha value is -1.13. The number of carbonyl (C=O) groups excluding carboxylic acids is 1. The largest absolute Gasteiger partial charge is 0.423 e. The third-order valence-electron chi connectivity index (χ3n) is 7.84. The van der Waals surface area contributed by atoms with Crippen LogP contribution in [0, 0.1) is 22.7 Å². The van der Waals surface area contributed by atoms with Gasteiger partial charge in [-0.3, -0.25) is 0 Å². The second-order valence-corrected chi connectivity index (χ2v) is 9.34. The van der Waals surface area contributed by atoms with Crippen molar-refractivity contribution < 1.29 is 19.4 Å². The van der Waals surface area contributed by atoms with E-state index in [-0.39, 0.29) is 23.7 Å². The van der Waals surface area contributed by atoms with E-state index in [1.807, 2.05) is 0 Å². The van der Waals surface area contributed by atoms with Crippen LogP contribution in [-0.2, 0) is 14.3 Å².